The van der Waals surface area contributed by atoms with Crippen molar-refractivity contribution < 1.29 is 9.21 Å². The standard InChI is InChI=1S/C8H8BrNO2/c9-7-2-1-6(12-7)8-5(11)3-4-10-8/h1-2,8,10H,3-4H2. The Morgan fingerprint density at radius 2 is 2.42 bits per heavy atom. The maximum atomic E-state index is 11.2. The molecule has 12 heavy (non-hydrogen) atoms. The van der Waals surface area contributed by atoms with Crippen molar-refractivity contribution in [3.05, 3.63) is 22.6 Å². The summed E-state index contributed by atoms with van der Waals surface area (Å²) in [5, 5.41) is 3.07. The number of halogens is 1. The summed E-state index contributed by atoms with van der Waals surface area (Å²) in [7, 11) is 0. The Balaban J connectivity index is 2.24. The highest BCUT2D eigenvalue weighted by molar-refractivity contribution is 9.10. The van der Waals surface area contributed by atoms with Crippen LogP contribution in [0.2, 0.25) is 0 Å². The molecule has 2 heterocycles. The van der Waals surface area contributed by atoms with Crippen LogP contribution in [-0.4, -0.2) is 12.3 Å². The van der Waals surface area contributed by atoms with Crippen molar-refractivity contribution in [2.45, 2.75) is 12.5 Å². The Hall–Kier alpha value is -0.610. The van der Waals surface area contributed by atoms with E-state index in [1.54, 1.807) is 6.07 Å². The summed E-state index contributed by atoms with van der Waals surface area (Å²) in [6.07, 6.45) is 0.600. The fourth-order valence-corrected chi connectivity index (χ4v) is 1.66. The number of hydrogen-bond donors (Lipinski definition) is 1. The van der Waals surface area contributed by atoms with Gasteiger partial charge >= 0.3 is 0 Å². The van der Waals surface area contributed by atoms with Crippen molar-refractivity contribution in [1.82, 2.24) is 5.32 Å². The number of ketones is 1. The lowest BCUT2D eigenvalue weighted by molar-refractivity contribution is -0.119. The summed E-state index contributed by atoms with van der Waals surface area (Å²) >= 11 is 3.19. The van der Waals surface area contributed by atoms with Gasteiger partial charge in [0.2, 0.25) is 0 Å². The minimum Gasteiger partial charge on any atom is -0.452 e. The third-order valence-electron chi connectivity index (χ3n) is 1.92. The van der Waals surface area contributed by atoms with Crippen molar-refractivity contribution in [1.29, 1.82) is 0 Å². The van der Waals surface area contributed by atoms with Crippen molar-refractivity contribution >= 4 is 21.7 Å². The first-order valence-electron chi connectivity index (χ1n) is 3.79. The smallest absolute Gasteiger partial charge is 0.169 e. The fourth-order valence-electron chi connectivity index (χ4n) is 1.34. The van der Waals surface area contributed by atoms with Crippen molar-refractivity contribution in [2.24, 2.45) is 0 Å². The maximum Gasteiger partial charge on any atom is 0.169 e. The first kappa shape index (κ1) is 8.01. The molecule has 3 nitrogen and oxygen atoms in total. The van der Waals surface area contributed by atoms with Gasteiger partial charge in [0.1, 0.15) is 11.8 Å². The normalized spacial score (nSPS) is 23.4. The first-order valence-corrected chi connectivity index (χ1v) is 4.58. The fraction of sp³-hybridized carbons (Fsp3) is 0.375. The number of carbonyl (C=O) groups is 1. The molecule has 1 atom stereocenters. The molecule has 0 bridgehead atoms. The van der Waals surface area contributed by atoms with Gasteiger partial charge < -0.3 is 9.73 Å². The van der Waals surface area contributed by atoms with E-state index in [1.165, 1.54) is 0 Å². The van der Waals surface area contributed by atoms with Crippen molar-refractivity contribution in [3.63, 3.8) is 0 Å². The van der Waals surface area contributed by atoms with Crippen LogP contribution in [0.4, 0.5) is 0 Å². The molecule has 0 aliphatic carbocycles. The van der Waals surface area contributed by atoms with Crippen LogP contribution in [0.25, 0.3) is 0 Å². The van der Waals surface area contributed by atoms with Crippen molar-refractivity contribution in [2.75, 3.05) is 6.54 Å². The molecule has 2 rings (SSSR count). The second kappa shape index (κ2) is 3.03. The highest BCUT2D eigenvalue weighted by Gasteiger charge is 2.27. The maximum absolute atomic E-state index is 11.2. The number of hydrogen-bond acceptors (Lipinski definition) is 3. The van der Waals surface area contributed by atoms with Gasteiger partial charge in [-0.05, 0) is 28.1 Å². The van der Waals surface area contributed by atoms with Gasteiger partial charge in [0.05, 0.1) is 0 Å². The molecule has 0 aromatic carbocycles. The van der Waals surface area contributed by atoms with Gasteiger partial charge in [-0.25, -0.2) is 0 Å². The van der Waals surface area contributed by atoms with Gasteiger partial charge in [0, 0.05) is 13.0 Å². The summed E-state index contributed by atoms with van der Waals surface area (Å²) in [6.45, 7) is 0.752. The highest BCUT2D eigenvalue weighted by atomic mass is 79.9. The molecule has 64 valence electrons. The quantitative estimate of drug-likeness (QED) is 0.797. The molecule has 1 fully saturated rings. The SMILES string of the molecule is O=C1CCNC1c1ccc(Br)o1. The molecular formula is C8H8BrNO2. The van der Waals surface area contributed by atoms with Crippen molar-refractivity contribution in [3.8, 4) is 0 Å². The van der Waals surface area contributed by atoms with Crippen LogP contribution in [0, 0.1) is 0 Å². The van der Waals surface area contributed by atoms with E-state index >= 15 is 0 Å². The van der Waals surface area contributed by atoms with Crippen LogP contribution in [0.3, 0.4) is 0 Å². The van der Waals surface area contributed by atoms with E-state index in [4.69, 9.17) is 4.42 Å². The number of carbonyl (C=O) groups excluding carboxylic acids is 1. The lowest BCUT2D eigenvalue weighted by atomic mass is 10.1. The molecular weight excluding hydrogens is 222 g/mol. The monoisotopic (exact) mass is 229 g/mol. The number of furan rings is 1. The molecule has 1 N–H and O–H groups in total. The Morgan fingerprint density at radius 3 is 2.92 bits per heavy atom. The van der Waals surface area contributed by atoms with E-state index in [1.807, 2.05) is 6.07 Å². The molecule has 0 radical (unpaired) electrons. The molecule has 1 aliphatic rings. The lowest BCUT2D eigenvalue weighted by Crippen LogP contribution is -2.16. The van der Waals surface area contributed by atoms with E-state index in [9.17, 15) is 4.79 Å². The van der Waals surface area contributed by atoms with Crippen LogP contribution < -0.4 is 5.32 Å². The lowest BCUT2D eigenvalue weighted by Gasteiger charge is -2.03. The number of nitrogens with one attached hydrogen (secondary N) is 1. The van der Waals surface area contributed by atoms with Crippen LogP contribution >= 0.6 is 15.9 Å². The largest absolute Gasteiger partial charge is 0.452 e. The zero-order valence-corrected chi connectivity index (χ0v) is 7.93. The Morgan fingerprint density at radius 1 is 1.58 bits per heavy atom. The predicted octanol–water partition coefficient (Wildman–Crippen LogP) is 1.65. The third kappa shape index (κ3) is 1.32. The van der Waals surface area contributed by atoms with Crippen LogP contribution in [0.15, 0.2) is 21.2 Å². The molecule has 0 amide bonds. The van der Waals surface area contributed by atoms with Gasteiger partial charge in [0.25, 0.3) is 0 Å². The van der Waals surface area contributed by atoms with E-state index in [-0.39, 0.29) is 11.8 Å². The zero-order chi connectivity index (χ0) is 8.55. The zero-order valence-electron chi connectivity index (χ0n) is 6.34. The molecule has 1 aliphatic heterocycles. The molecule has 1 aromatic rings. The van der Waals surface area contributed by atoms with Crippen LogP contribution in [0.1, 0.15) is 18.2 Å². The van der Waals surface area contributed by atoms with Gasteiger partial charge in [0.15, 0.2) is 10.5 Å². The second-order valence-electron chi connectivity index (χ2n) is 2.75. The first-order chi connectivity index (χ1) is 5.77. The highest BCUT2D eigenvalue weighted by Crippen LogP contribution is 2.24. The summed E-state index contributed by atoms with van der Waals surface area (Å²) in [6, 6.07) is 3.38. The molecule has 0 saturated carbocycles. The average Bonchev–Trinajstić information content (AvgIpc) is 2.58. The van der Waals surface area contributed by atoms with Gasteiger partial charge in [-0.2, -0.15) is 0 Å². The molecule has 1 aromatic heterocycles. The third-order valence-corrected chi connectivity index (χ3v) is 2.35. The molecule has 0 spiro atoms. The predicted molar refractivity (Wildman–Crippen MR) is 46.8 cm³/mol. The summed E-state index contributed by atoms with van der Waals surface area (Å²) in [5.41, 5.74) is 0. The summed E-state index contributed by atoms with van der Waals surface area (Å²) in [5.74, 6) is 0.904. The van der Waals surface area contributed by atoms with Gasteiger partial charge in [-0.3, -0.25) is 4.79 Å². The topological polar surface area (TPSA) is 42.2 Å². The van der Waals surface area contributed by atoms with Crippen LogP contribution in [-0.2, 0) is 4.79 Å². The molecule has 4 heteroatoms. The van der Waals surface area contributed by atoms with E-state index < -0.39 is 0 Å². The molecule has 1 unspecified atom stereocenters. The summed E-state index contributed by atoms with van der Waals surface area (Å²) in [4.78, 5) is 11.2. The number of rotatable bonds is 1. The Kier molecular flexibility index (Phi) is 2.02. The van der Waals surface area contributed by atoms with Gasteiger partial charge in [-0.1, -0.05) is 0 Å². The van der Waals surface area contributed by atoms with Gasteiger partial charge in [-0.15, -0.1) is 0 Å². The summed E-state index contributed by atoms with van der Waals surface area (Å²) < 4.78 is 5.94. The van der Waals surface area contributed by atoms with E-state index in [0.29, 0.717) is 16.9 Å². The minimum atomic E-state index is -0.226. The number of Topliss-reactive ketones (excluding diaryl/α,β-unsaturated/α-hetero) is 1. The van der Waals surface area contributed by atoms with E-state index in [2.05, 4.69) is 21.2 Å². The average molecular weight is 230 g/mol. The molecule has 1 saturated heterocycles. The minimum absolute atomic E-state index is 0.205. The Labute approximate surface area is 78.3 Å². The van der Waals surface area contributed by atoms with Crippen LogP contribution in [0.5, 0.6) is 0 Å². The second-order valence-corrected chi connectivity index (χ2v) is 3.53. The Bertz CT molecular complexity index is 308. The van der Waals surface area contributed by atoms with E-state index in [0.717, 1.165) is 6.54 Å².